The zero-order valence-electron chi connectivity index (χ0n) is 11.0. The Labute approximate surface area is 115 Å². The van der Waals surface area contributed by atoms with Crippen molar-refractivity contribution in [3.05, 3.63) is 33.9 Å². The summed E-state index contributed by atoms with van der Waals surface area (Å²) in [5.41, 5.74) is -0.648. The van der Waals surface area contributed by atoms with E-state index in [2.05, 4.69) is 5.32 Å². The highest BCUT2D eigenvalue weighted by atomic mass is 16.6. The van der Waals surface area contributed by atoms with Crippen molar-refractivity contribution in [3.63, 3.8) is 0 Å². The van der Waals surface area contributed by atoms with Crippen molar-refractivity contribution in [2.75, 3.05) is 33.5 Å². The highest BCUT2D eigenvalue weighted by molar-refractivity contribution is 5.98. The molecule has 0 heterocycles. The average molecular weight is 284 g/mol. The number of hydrogen-bond acceptors (Lipinski definition) is 6. The molecule has 0 aliphatic carbocycles. The number of nitro benzene ring substituents is 1. The molecule has 20 heavy (non-hydrogen) atoms. The van der Waals surface area contributed by atoms with Crippen LogP contribution in [0, 0.1) is 10.1 Å². The van der Waals surface area contributed by atoms with E-state index < -0.39 is 22.3 Å². The van der Waals surface area contributed by atoms with Gasteiger partial charge in [0.2, 0.25) is 5.75 Å². The van der Waals surface area contributed by atoms with E-state index in [9.17, 15) is 20.0 Å². The molecule has 8 nitrogen and oxygen atoms in total. The second-order valence-electron chi connectivity index (χ2n) is 3.79. The quantitative estimate of drug-likeness (QED) is 0.413. The number of benzene rings is 1. The minimum atomic E-state index is -0.750. The topological polar surface area (TPSA) is 111 Å². The van der Waals surface area contributed by atoms with Gasteiger partial charge in [-0.3, -0.25) is 14.9 Å². The molecular formula is C12H16N2O6. The largest absolute Gasteiger partial charge is 0.502 e. The zero-order valence-corrected chi connectivity index (χ0v) is 11.0. The molecule has 0 aromatic heterocycles. The monoisotopic (exact) mass is 284 g/mol. The molecule has 8 heteroatoms. The van der Waals surface area contributed by atoms with Gasteiger partial charge in [-0.25, -0.2) is 0 Å². The molecule has 2 N–H and O–H groups in total. The first kappa shape index (κ1) is 15.9. The van der Waals surface area contributed by atoms with Crippen LogP contribution in [0.25, 0.3) is 0 Å². The van der Waals surface area contributed by atoms with E-state index >= 15 is 0 Å². The lowest BCUT2D eigenvalue weighted by atomic mass is 10.1. The number of ether oxygens (including phenoxy) is 2. The summed E-state index contributed by atoms with van der Waals surface area (Å²) in [6.07, 6.45) is 0. The third-order valence-corrected chi connectivity index (χ3v) is 2.42. The van der Waals surface area contributed by atoms with E-state index in [1.54, 1.807) is 7.11 Å². The predicted octanol–water partition coefficient (Wildman–Crippen LogP) is 0.693. The van der Waals surface area contributed by atoms with Gasteiger partial charge in [0.05, 0.1) is 30.3 Å². The van der Waals surface area contributed by atoms with Gasteiger partial charge in [0, 0.05) is 19.7 Å². The maximum Gasteiger partial charge on any atom is 0.311 e. The number of amides is 1. The second-order valence-corrected chi connectivity index (χ2v) is 3.79. The Morgan fingerprint density at radius 1 is 1.40 bits per heavy atom. The summed E-state index contributed by atoms with van der Waals surface area (Å²) in [6, 6.07) is 3.77. The molecule has 1 rings (SSSR count). The molecule has 0 aliphatic heterocycles. The van der Waals surface area contributed by atoms with Crippen LogP contribution in [-0.4, -0.2) is 49.4 Å². The van der Waals surface area contributed by atoms with Crippen molar-refractivity contribution in [2.24, 2.45) is 0 Å². The van der Waals surface area contributed by atoms with Crippen molar-refractivity contribution >= 4 is 11.6 Å². The van der Waals surface area contributed by atoms with Gasteiger partial charge in [0.1, 0.15) is 0 Å². The molecule has 1 aromatic rings. The van der Waals surface area contributed by atoms with Crippen LogP contribution in [0.2, 0.25) is 0 Å². The fourth-order valence-electron chi connectivity index (χ4n) is 1.44. The lowest BCUT2D eigenvalue weighted by molar-refractivity contribution is -0.385. The van der Waals surface area contributed by atoms with Crippen molar-refractivity contribution in [2.45, 2.75) is 0 Å². The van der Waals surface area contributed by atoms with Gasteiger partial charge in [0.15, 0.2) is 0 Å². The zero-order chi connectivity index (χ0) is 15.0. The van der Waals surface area contributed by atoms with E-state index in [1.807, 2.05) is 0 Å². The molecule has 0 bridgehead atoms. The number of nitrogens with one attached hydrogen (secondary N) is 1. The Morgan fingerprint density at radius 3 is 2.80 bits per heavy atom. The summed E-state index contributed by atoms with van der Waals surface area (Å²) in [6.45, 7) is 1.38. The minimum absolute atomic E-state index is 0.143. The molecule has 0 radical (unpaired) electrons. The molecule has 0 spiro atoms. The van der Waals surface area contributed by atoms with Gasteiger partial charge in [0.25, 0.3) is 5.91 Å². The van der Waals surface area contributed by atoms with Crippen LogP contribution in [0.3, 0.4) is 0 Å². The van der Waals surface area contributed by atoms with Gasteiger partial charge in [-0.05, 0) is 6.07 Å². The van der Waals surface area contributed by atoms with Gasteiger partial charge < -0.3 is 19.9 Å². The van der Waals surface area contributed by atoms with Crippen LogP contribution in [-0.2, 0) is 9.47 Å². The van der Waals surface area contributed by atoms with Gasteiger partial charge in [-0.1, -0.05) is 6.07 Å². The first-order chi connectivity index (χ1) is 9.57. The highest BCUT2D eigenvalue weighted by Crippen LogP contribution is 2.28. The van der Waals surface area contributed by atoms with E-state index in [-0.39, 0.29) is 18.7 Å². The minimum Gasteiger partial charge on any atom is -0.502 e. The van der Waals surface area contributed by atoms with E-state index in [4.69, 9.17) is 9.47 Å². The van der Waals surface area contributed by atoms with Crippen LogP contribution in [0.1, 0.15) is 10.4 Å². The van der Waals surface area contributed by atoms with E-state index in [0.717, 1.165) is 6.07 Å². The number of nitrogens with zero attached hydrogens (tertiary/aromatic N) is 1. The third kappa shape index (κ3) is 4.48. The number of aromatic hydroxyl groups is 1. The molecule has 110 valence electrons. The Hall–Kier alpha value is -2.19. The van der Waals surface area contributed by atoms with Gasteiger partial charge >= 0.3 is 5.69 Å². The molecule has 0 atom stereocenters. The first-order valence-corrected chi connectivity index (χ1v) is 5.89. The average Bonchev–Trinajstić information content (AvgIpc) is 2.42. The maximum absolute atomic E-state index is 11.8. The van der Waals surface area contributed by atoms with Crippen molar-refractivity contribution in [1.82, 2.24) is 5.32 Å². The number of hydrogen-bond donors (Lipinski definition) is 2. The third-order valence-electron chi connectivity index (χ3n) is 2.42. The number of carbonyl (C=O) groups excluding carboxylic acids is 1. The van der Waals surface area contributed by atoms with Crippen LogP contribution < -0.4 is 5.32 Å². The van der Waals surface area contributed by atoms with Crippen LogP contribution in [0.5, 0.6) is 5.75 Å². The van der Waals surface area contributed by atoms with Gasteiger partial charge in [-0.2, -0.15) is 0 Å². The number of phenols is 1. The molecule has 0 aliphatic rings. The number of nitro groups is 1. The molecule has 0 unspecified atom stereocenters. The number of para-hydroxylation sites is 1. The van der Waals surface area contributed by atoms with Crippen molar-refractivity contribution < 1.29 is 24.3 Å². The molecule has 0 saturated heterocycles. The number of methoxy groups -OCH3 is 1. The lowest BCUT2D eigenvalue weighted by Gasteiger charge is -2.07. The highest BCUT2D eigenvalue weighted by Gasteiger charge is 2.20. The summed E-state index contributed by atoms with van der Waals surface area (Å²) >= 11 is 0. The normalized spacial score (nSPS) is 10.2. The number of carbonyl (C=O) groups is 1. The summed E-state index contributed by atoms with van der Waals surface area (Å²) in [5, 5.41) is 22.8. The van der Waals surface area contributed by atoms with E-state index in [0.29, 0.717) is 13.2 Å². The Morgan fingerprint density at radius 2 is 2.15 bits per heavy atom. The SMILES string of the molecule is COCCOCCNC(=O)c1cccc([N+](=O)[O-])c1O. The lowest BCUT2D eigenvalue weighted by Crippen LogP contribution is -2.27. The first-order valence-electron chi connectivity index (χ1n) is 5.89. The second kappa shape index (κ2) is 8.08. The molecule has 1 amide bonds. The van der Waals surface area contributed by atoms with Crippen molar-refractivity contribution in [3.8, 4) is 5.75 Å². The Kier molecular flexibility index (Phi) is 6.41. The summed E-state index contributed by atoms with van der Waals surface area (Å²) in [4.78, 5) is 21.6. The van der Waals surface area contributed by atoms with Crippen LogP contribution in [0.15, 0.2) is 18.2 Å². The molecular weight excluding hydrogens is 268 g/mol. The fourth-order valence-corrected chi connectivity index (χ4v) is 1.44. The predicted molar refractivity (Wildman–Crippen MR) is 69.8 cm³/mol. The smallest absolute Gasteiger partial charge is 0.311 e. The number of rotatable bonds is 8. The van der Waals surface area contributed by atoms with E-state index in [1.165, 1.54) is 12.1 Å². The Bertz CT molecular complexity index is 477. The van der Waals surface area contributed by atoms with Crippen molar-refractivity contribution in [1.29, 1.82) is 0 Å². The number of phenolic OH excluding ortho intramolecular Hbond substituents is 1. The molecule has 0 fully saturated rings. The summed E-state index contributed by atoms with van der Waals surface area (Å²) < 4.78 is 9.92. The fraction of sp³-hybridized carbons (Fsp3) is 0.417. The molecule has 1 aromatic carbocycles. The van der Waals surface area contributed by atoms with Gasteiger partial charge in [-0.15, -0.1) is 0 Å². The van der Waals surface area contributed by atoms with Crippen LogP contribution in [0.4, 0.5) is 5.69 Å². The Balaban J connectivity index is 2.52. The van der Waals surface area contributed by atoms with Crippen LogP contribution >= 0.6 is 0 Å². The molecule has 0 saturated carbocycles. The standard InChI is InChI=1S/C12H16N2O6/c1-19-7-8-20-6-5-13-12(16)9-3-2-4-10(11(9)15)14(17)18/h2-4,15H,5-8H2,1H3,(H,13,16). The summed E-state index contributed by atoms with van der Waals surface area (Å²) in [5.74, 6) is -1.24. The summed E-state index contributed by atoms with van der Waals surface area (Å²) in [7, 11) is 1.55. The maximum atomic E-state index is 11.8.